The Labute approximate surface area is 92.4 Å². The van der Waals surface area contributed by atoms with Gasteiger partial charge in [0.2, 0.25) is 0 Å². The van der Waals surface area contributed by atoms with E-state index in [2.05, 4.69) is 0 Å². The van der Waals surface area contributed by atoms with Gasteiger partial charge in [0, 0.05) is 6.08 Å². The minimum Gasteiger partial charge on any atom is -0.478 e. The van der Waals surface area contributed by atoms with Crippen molar-refractivity contribution in [2.75, 3.05) is 0 Å². The molecular weight excluding hydrogens is 188 g/mol. The van der Waals surface area contributed by atoms with E-state index >= 15 is 0 Å². The van der Waals surface area contributed by atoms with Crippen molar-refractivity contribution in [3.8, 4) is 0 Å². The number of hydrogen-bond donors (Lipinski definition) is 1. The molecule has 0 unspecified atom stereocenters. The molecular formula is C13H22O2. The van der Waals surface area contributed by atoms with Gasteiger partial charge in [-0.15, -0.1) is 0 Å². The number of carboxylic acids is 1. The van der Waals surface area contributed by atoms with Gasteiger partial charge in [0.15, 0.2) is 0 Å². The van der Waals surface area contributed by atoms with Crippen molar-refractivity contribution in [3.63, 3.8) is 0 Å². The fraction of sp³-hybridized carbons (Fsp3) is 0.769. The first kappa shape index (κ1) is 12.3. The number of hydrogen-bond acceptors (Lipinski definition) is 1. The van der Waals surface area contributed by atoms with Crippen molar-refractivity contribution in [2.24, 2.45) is 5.92 Å². The Kier molecular flexibility index (Phi) is 6.14. The van der Waals surface area contributed by atoms with E-state index in [1.54, 1.807) is 0 Å². The highest BCUT2D eigenvalue weighted by molar-refractivity contribution is 5.79. The van der Waals surface area contributed by atoms with Crippen molar-refractivity contribution in [2.45, 2.75) is 57.8 Å². The lowest BCUT2D eigenvalue weighted by Crippen LogP contribution is -2.00. The standard InChI is InChI=1S/C13H22O2/c14-13(15)11-10-12-8-6-4-2-1-3-5-7-9-12/h10-12H,1-9H2,(H,14,15). The SMILES string of the molecule is O=C(O)C=CC1CCCCCCCCC1. The van der Waals surface area contributed by atoms with E-state index in [1.807, 2.05) is 6.08 Å². The van der Waals surface area contributed by atoms with Gasteiger partial charge in [0.05, 0.1) is 0 Å². The molecule has 2 heteroatoms. The first-order chi connectivity index (χ1) is 7.29. The average Bonchev–Trinajstić information content (AvgIpc) is 2.23. The highest BCUT2D eigenvalue weighted by Gasteiger charge is 2.07. The summed E-state index contributed by atoms with van der Waals surface area (Å²) < 4.78 is 0. The highest BCUT2D eigenvalue weighted by atomic mass is 16.4. The van der Waals surface area contributed by atoms with Crippen LogP contribution in [-0.4, -0.2) is 11.1 Å². The summed E-state index contributed by atoms with van der Waals surface area (Å²) in [7, 11) is 0. The maximum atomic E-state index is 10.4. The molecule has 0 bridgehead atoms. The number of allylic oxidation sites excluding steroid dienone is 1. The van der Waals surface area contributed by atoms with Gasteiger partial charge in [0.25, 0.3) is 0 Å². The first-order valence-corrected chi connectivity index (χ1v) is 6.20. The Morgan fingerprint density at radius 2 is 1.40 bits per heavy atom. The molecule has 0 heterocycles. The Morgan fingerprint density at radius 3 is 1.87 bits per heavy atom. The summed E-state index contributed by atoms with van der Waals surface area (Å²) >= 11 is 0. The van der Waals surface area contributed by atoms with Crippen LogP contribution in [0.3, 0.4) is 0 Å². The second-order valence-electron chi connectivity index (χ2n) is 4.51. The lowest BCUT2D eigenvalue weighted by molar-refractivity contribution is -0.131. The summed E-state index contributed by atoms with van der Waals surface area (Å²) in [5.74, 6) is -0.314. The van der Waals surface area contributed by atoms with Gasteiger partial charge in [-0.05, 0) is 18.8 Å². The maximum Gasteiger partial charge on any atom is 0.327 e. The second-order valence-corrected chi connectivity index (χ2v) is 4.51. The van der Waals surface area contributed by atoms with Gasteiger partial charge in [-0.25, -0.2) is 4.79 Å². The van der Waals surface area contributed by atoms with E-state index in [1.165, 1.54) is 63.9 Å². The second kappa shape index (κ2) is 7.49. The Hall–Kier alpha value is -0.790. The van der Waals surface area contributed by atoms with Gasteiger partial charge in [0.1, 0.15) is 0 Å². The zero-order valence-corrected chi connectivity index (χ0v) is 9.45. The van der Waals surface area contributed by atoms with Crippen LogP contribution in [0.2, 0.25) is 0 Å². The quantitative estimate of drug-likeness (QED) is 0.704. The Bertz CT molecular complexity index is 199. The van der Waals surface area contributed by atoms with Crippen molar-refractivity contribution in [1.29, 1.82) is 0 Å². The molecule has 1 rings (SSSR count). The van der Waals surface area contributed by atoms with Gasteiger partial charge < -0.3 is 5.11 Å². The topological polar surface area (TPSA) is 37.3 Å². The van der Waals surface area contributed by atoms with Crippen LogP contribution in [0.4, 0.5) is 0 Å². The third-order valence-corrected chi connectivity index (χ3v) is 3.16. The third-order valence-electron chi connectivity index (χ3n) is 3.16. The predicted octanol–water partition coefficient (Wildman–Crippen LogP) is 3.77. The molecule has 0 atom stereocenters. The average molecular weight is 210 g/mol. The van der Waals surface area contributed by atoms with Crippen molar-refractivity contribution < 1.29 is 9.90 Å². The molecule has 86 valence electrons. The third kappa shape index (κ3) is 6.32. The molecule has 2 nitrogen and oxygen atoms in total. The van der Waals surface area contributed by atoms with Crippen LogP contribution in [0, 0.1) is 5.92 Å². The van der Waals surface area contributed by atoms with Crippen LogP contribution in [0.25, 0.3) is 0 Å². The fourth-order valence-corrected chi connectivity index (χ4v) is 2.25. The molecule has 0 aromatic heterocycles. The highest BCUT2D eigenvalue weighted by Crippen LogP contribution is 2.22. The van der Waals surface area contributed by atoms with E-state index in [0.29, 0.717) is 5.92 Å². The zero-order valence-electron chi connectivity index (χ0n) is 9.45. The summed E-state index contributed by atoms with van der Waals surface area (Å²) in [5, 5.41) is 8.58. The molecule has 0 saturated heterocycles. The largest absolute Gasteiger partial charge is 0.478 e. The summed E-state index contributed by atoms with van der Waals surface area (Å²) in [6.45, 7) is 0. The monoisotopic (exact) mass is 210 g/mol. The van der Waals surface area contributed by atoms with Crippen LogP contribution in [-0.2, 0) is 4.79 Å². The molecule has 1 saturated carbocycles. The summed E-state index contributed by atoms with van der Waals surface area (Å²) in [6, 6.07) is 0. The number of carbonyl (C=O) groups is 1. The fourth-order valence-electron chi connectivity index (χ4n) is 2.25. The summed E-state index contributed by atoms with van der Waals surface area (Å²) in [6.07, 6.45) is 14.8. The van der Waals surface area contributed by atoms with Crippen molar-refractivity contribution in [3.05, 3.63) is 12.2 Å². The summed E-state index contributed by atoms with van der Waals surface area (Å²) in [5.41, 5.74) is 0. The van der Waals surface area contributed by atoms with E-state index in [4.69, 9.17) is 5.11 Å². The number of carboxylic acid groups (broad SMARTS) is 1. The van der Waals surface area contributed by atoms with Crippen molar-refractivity contribution in [1.82, 2.24) is 0 Å². The molecule has 15 heavy (non-hydrogen) atoms. The van der Waals surface area contributed by atoms with E-state index in [9.17, 15) is 4.79 Å². The minimum atomic E-state index is -0.813. The predicted molar refractivity (Wildman–Crippen MR) is 61.8 cm³/mol. The zero-order chi connectivity index (χ0) is 10.9. The molecule has 1 aliphatic rings. The van der Waals surface area contributed by atoms with Crippen LogP contribution in [0.1, 0.15) is 57.8 Å². The van der Waals surface area contributed by atoms with E-state index in [-0.39, 0.29) is 0 Å². The lowest BCUT2D eigenvalue weighted by Gasteiger charge is -2.14. The van der Waals surface area contributed by atoms with Gasteiger partial charge in [-0.1, -0.05) is 51.0 Å². The molecule has 1 aliphatic carbocycles. The molecule has 0 aromatic rings. The molecule has 0 aromatic carbocycles. The maximum absolute atomic E-state index is 10.4. The van der Waals surface area contributed by atoms with Crippen LogP contribution >= 0.6 is 0 Å². The van der Waals surface area contributed by atoms with Crippen LogP contribution in [0.15, 0.2) is 12.2 Å². The minimum absolute atomic E-state index is 0.499. The Balaban J connectivity index is 2.34. The molecule has 0 amide bonds. The molecule has 1 fully saturated rings. The molecule has 1 N–H and O–H groups in total. The van der Waals surface area contributed by atoms with Crippen molar-refractivity contribution >= 4 is 5.97 Å². The lowest BCUT2D eigenvalue weighted by atomic mass is 9.92. The van der Waals surface area contributed by atoms with Crippen LogP contribution in [0.5, 0.6) is 0 Å². The first-order valence-electron chi connectivity index (χ1n) is 6.20. The van der Waals surface area contributed by atoms with Gasteiger partial charge in [-0.3, -0.25) is 0 Å². The smallest absolute Gasteiger partial charge is 0.327 e. The van der Waals surface area contributed by atoms with Gasteiger partial charge >= 0.3 is 5.97 Å². The molecule has 0 spiro atoms. The normalized spacial score (nSPS) is 21.6. The Morgan fingerprint density at radius 1 is 0.933 bits per heavy atom. The molecule has 0 aliphatic heterocycles. The molecule has 0 radical (unpaired) electrons. The van der Waals surface area contributed by atoms with E-state index < -0.39 is 5.97 Å². The number of rotatable bonds is 2. The summed E-state index contributed by atoms with van der Waals surface area (Å²) in [4.78, 5) is 10.4. The van der Waals surface area contributed by atoms with E-state index in [0.717, 1.165) is 0 Å². The number of aliphatic carboxylic acids is 1. The van der Waals surface area contributed by atoms with Crippen LogP contribution < -0.4 is 0 Å². The van der Waals surface area contributed by atoms with Gasteiger partial charge in [-0.2, -0.15) is 0 Å².